The van der Waals surface area contributed by atoms with E-state index in [4.69, 9.17) is 9.84 Å². The number of rotatable bonds is 9. The number of nitrogens with one attached hydrogen (secondary N) is 1. The third kappa shape index (κ3) is 6.71. The van der Waals surface area contributed by atoms with Gasteiger partial charge in [-0.1, -0.05) is 38.1 Å². The zero-order valence-electron chi connectivity index (χ0n) is 12.4. The molecular weight excluding hydrogens is 238 g/mol. The van der Waals surface area contributed by atoms with E-state index < -0.39 is 0 Å². The Morgan fingerprint density at radius 2 is 2.00 bits per heavy atom. The highest BCUT2D eigenvalue weighted by atomic mass is 16.5. The standard InChI is InChI=1S/C16H27NO2/c1-16(2,8-5-9-18)13-17-11-14-6-4-7-15(10-14)12-19-3/h4,6-7,10,17-18H,5,8-9,11-13H2,1-3H3. The van der Waals surface area contributed by atoms with Gasteiger partial charge in [-0.25, -0.2) is 0 Å². The molecule has 0 saturated carbocycles. The summed E-state index contributed by atoms with van der Waals surface area (Å²) < 4.78 is 5.14. The molecule has 0 unspecified atom stereocenters. The van der Waals surface area contributed by atoms with Crippen LogP contribution in [0.25, 0.3) is 0 Å². The van der Waals surface area contributed by atoms with Crippen molar-refractivity contribution in [3.05, 3.63) is 35.4 Å². The summed E-state index contributed by atoms with van der Waals surface area (Å²) in [4.78, 5) is 0. The molecule has 0 bridgehead atoms. The summed E-state index contributed by atoms with van der Waals surface area (Å²) >= 11 is 0. The Hall–Kier alpha value is -0.900. The first-order valence-corrected chi connectivity index (χ1v) is 6.96. The quantitative estimate of drug-likeness (QED) is 0.721. The Morgan fingerprint density at radius 1 is 1.26 bits per heavy atom. The van der Waals surface area contributed by atoms with E-state index in [1.807, 2.05) is 0 Å². The van der Waals surface area contributed by atoms with Gasteiger partial charge in [-0.15, -0.1) is 0 Å². The third-order valence-corrected chi connectivity index (χ3v) is 3.25. The number of aliphatic hydroxyl groups is 1. The van der Waals surface area contributed by atoms with E-state index in [1.165, 1.54) is 11.1 Å². The van der Waals surface area contributed by atoms with Crippen LogP contribution in [-0.4, -0.2) is 25.4 Å². The van der Waals surface area contributed by atoms with Crippen molar-refractivity contribution in [1.82, 2.24) is 5.32 Å². The molecule has 0 aromatic heterocycles. The minimum absolute atomic E-state index is 0.229. The maximum Gasteiger partial charge on any atom is 0.0713 e. The van der Waals surface area contributed by atoms with Crippen LogP contribution in [0, 0.1) is 5.41 Å². The van der Waals surface area contributed by atoms with Crippen LogP contribution >= 0.6 is 0 Å². The van der Waals surface area contributed by atoms with E-state index in [0.29, 0.717) is 6.61 Å². The predicted molar refractivity (Wildman–Crippen MR) is 79.0 cm³/mol. The zero-order chi connectivity index (χ0) is 14.1. The summed E-state index contributed by atoms with van der Waals surface area (Å²) in [5.74, 6) is 0. The highest BCUT2D eigenvalue weighted by Gasteiger charge is 2.16. The van der Waals surface area contributed by atoms with Crippen LogP contribution < -0.4 is 5.32 Å². The van der Waals surface area contributed by atoms with E-state index in [2.05, 4.69) is 43.4 Å². The second-order valence-corrected chi connectivity index (χ2v) is 5.85. The van der Waals surface area contributed by atoms with Crippen LogP contribution in [0.2, 0.25) is 0 Å². The molecule has 0 aliphatic carbocycles. The van der Waals surface area contributed by atoms with Gasteiger partial charge in [0, 0.05) is 26.8 Å². The lowest BCUT2D eigenvalue weighted by atomic mass is 9.88. The van der Waals surface area contributed by atoms with Crippen molar-refractivity contribution < 1.29 is 9.84 Å². The van der Waals surface area contributed by atoms with Crippen LogP contribution in [0.15, 0.2) is 24.3 Å². The first kappa shape index (κ1) is 16.2. The number of hydrogen-bond acceptors (Lipinski definition) is 3. The van der Waals surface area contributed by atoms with Gasteiger partial charge in [0.1, 0.15) is 0 Å². The molecule has 0 amide bonds. The maximum atomic E-state index is 8.88. The monoisotopic (exact) mass is 265 g/mol. The summed E-state index contributed by atoms with van der Waals surface area (Å²) in [6.07, 6.45) is 1.91. The van der Waals surface area contributed by atoms with Crippen LogP contribution in [0.4, 0.5) is 0 Å². The smallest absolute Gasteiger partial charge is 0.0713 e. The summed E-state index contributed by atoms with van der Waals surface area (Å²) in [5.41, 5.74) is 2.72. The first-order valence-electron chi connectivity index (χ1n) is 6.96. The third-order valence-electron chi connectivity index (χ3n) is 3.25. The summed E-state index contributed by atoms with van der Waals surface area (Å²) in [6.45, 7) is 7.24. The molecule has 0 fully saturated rings. The van der Waals surface area contributed by atoms with Crippen molar-refractivity contribution in [3.8, 4) is 0 Å². The van der Waals surface area contributed by atoms with E-state index in [1.54, 1.807) is 7.11 Å². The Balaban J connectivity index is 2.37. The molecule has 1 aromatic rings. The van der Waals surface area contributed by atoms with Crippen molar-refractivity contribution in [1.29, 1.82) is 0 Å². The molecular formula is C16H27NO2. The second kappa shape index (κ2) is 8.31. The lowest BCUT2D eigenvalue weighted by Crippen LogP contribution is -2.29. The molecule has 0 heterocycles. The normalized spacial score (nSPS) is 11.8. The fraction of sp³-hybridized carbons (Fsp3) is 0.625. The number of benzene rings is 1. The van der Waals surface area contributed by atoms with Crippen LogP contribution in [0.5, 0.6) is 0 Å². The molecule has 0 radical (unpaired) electrons. The van der Waals surface area contributed by atoms with Gasteiger partial charge < -0.3 is 15.2 Å². The topological polar surface area (TPSA) is 41.5 Å². The largest absolute Gasteiger partial charge is 0.396 e. The zero-order valence-corrected chi connectivity index (χ0v) is 12.4. The van der Waals surface area contributed by atoms with Crippen LogP contribution in [0.3, 0.4) is 0 Å². The summed E-state index contributed by atoms with van der Waals surface area (Å²) in [6, 6.07) is 8.46. The van der Waals surface area contributed by atoms with E-state index in [-0.39, 0.29) is 12.0 Å². The van der Waals surface area contributed by atoms with E-state index in [9.17, 15) is 0 Å². The number of aliphatic hydroxyl groups excluding tert-OH is 1. The Labute approximate surface area is 117 Å². The Kier molecular flexibility index (Phi) is 7.06. The Bertz CT molecular complexity index is 364. The van der Waals surface area contributed by atoms with Gasteiger partial charge in [0.25, 0.3) is 0 Å². The lowest BCUT2D eigenvalue weighted by Gasteiger charge is -2.24. The van der Waals surface area contributed by atoms with Gasteiger partial charge in [0.15, 0.2) is 0 Å². The van der Waals surface area contributed by atoms with E-state index >= 15 is 0 Å². The molecule has 3 heteroatoms. The molecule has 1 aromatic carbocycles. The number of hydrogen-bond donors (Lipinski definition) is 2. The highest BCUT2D eigenvalue weighted by Crippen LogP contribution is 2.20. The maximum absolute atomic E-state index is 8.88. The SMILES string of the molecule is COCc1cccc(CNCC(C)(C)CCCO)c1. The van der Waals surface area contributed by atoms with Gasteiger partial charge in [0.05, 0.1) is 6.61 Å². The Morgan fingerprint density at radius 3 is 2.68 bits per heavy atom. The average molecular weight is 265 g/mol. The fourth-order valence-electron chi connectivity index (χ4n) is 2.19. The van der Waals surface area contributed by atoms with Crippen molar-refractivity contribution in [2.75, 3.05) is 20.3 Å². The van der Waals surface area contributed by atoms with Gasteiger partial charge in [-0.2, -0.15) is 0 Å². The van der Waals surface area contributed by atoms with Crippen molar-refractivity contribution in [2.45, 2.75) is 39.8 Å². The molecule has 0 atom stereocenters. The fourth-order valence-corrected chi connectivity index (χ4v) is 2.19. The van der Waals surface area contributed by atoms with Crippen molar-refractivity contribution >= 4 is 0 Å². The van der Waals surface area contributed by atoms with E-state index in [0.717, 1.165) is 25.9 Å². The first-order chi connectivity index (χ1) is 9.07. The minimum Gasteiger partial charge on any atom is -0.396 e. The summed E-state index contributed by atoms with van der Waals surface area (Å²) in [5, 5.41) is 12.4. The summed E-state index contributed by atoms with van der Waals surface area (Å²) in [7, 11) is 1.72. The van der Waals surface area contributed by atoms with Gasteiger partial charge in [-0.3, -0.25) is 0 Å². The molecule has 0 saturated heterocycles. The second-order valence-electron chi connectivity index (χ2n) is 5.85. The molecule has 0 aliphatic heterocycles. The highest BCUT2D eigenvalue weighted by molar-refractivity contribution is 5.22. The molecule has 3 nitrogen and oxygen atoms in total. The van der Waals surface area contributed by atoms with Crippen molar-refractivity contribution in [2.24, 2.45) is 5.41 Å². The molecule has 108 valence electrons. The van der Waals surface area contributed by atoms with Gasteiger partial charge in [-0.05, 0) is 29.4 Å². The average Bonchev–Trinajstić information content (AvgIpc) is 2.37. The molecule has 19 heavy (non-hydrogen) atoms. The van der Waals surface area contributed by atoms with Gasteiger partial charge >= 0.3 is 0 Å². The van der Waals surface area contributed by atoms with Crippen molar-refractivity contribution in [3.63, 3.8) is 0 Å². The number of ether oxygens (including phenoxy) is 1. The molecule has 1 rings (SSSR count). The lowest BCUT2D eigenvalue weighted by molar-refractivity contribution is 0.185. The molecule has 0 aliphatic rings. The predicted octanol–water partition coefficient (Wildman–Crippen LogP) is 2.72. The number of methoxy groups -OCH3 is 1. The molecule has 0 spiro atoms. The van der Waals surface area contributed by atoms with Crippen LogP contribution in [-0.2, 0) is 17.9 Å². The minimum atomic E-state index is 0.229. The molecule has 2 N–H and O–H groups in total. The van der Waals surface area contributed by atoms with Gasteiger partial charge in [0.2, 0.25) is 0 Å². The van der Waals surface area contributed by atoms with Crippen LogP contribution in [0.1, 0.15) is 37.8 Å².